The Morgan fingerprint density at radius 2 is 1.61 bits per heavy atom. The van der Waals surface area contributed by atoms with Crippen molar-refractivity contribution in [2.24, 2.45) is 0 Å². The molecular formula is C16H11Cl3N2O2. The van der Waals surface area contributed by atoms with Gasteiger partial charge in [-0.1, -0.05) is 53.0 Å². The van der Waals surface area contributed by atoms with Crippen molar-refractivity contribution in [1.29, 1.82) is 0 Å². The maximum Gasteiger partial charge on any atom is 0.271 e. The fraction of sp³-hybridized carbons (Fsp3) is 0. The van der Waals surface area contributed by atoms with Gasteiger partial charge in [0, 0.05) is 6.08 Å². The van der Waals surface area contributed by atoms with Gasteiger partial charge in [-0.2, -0.15) is 0 Å². The Labute approximate surface area is 148 Å². The molecule has 2 N–H and O–H groups in total. The zero-order valence-corrected chi connectivity index (χ0v) is 13.9. The lowest BCUT2D eigenvalue weighted by Crippen LogP contribution is -2.40. The Hall–Kier alpha value is -2.01. The fourth-order valence-corrected chi connectivity index (χ4v) is 2.19. The van der Waals surface area contributed by atoms with Crippen molar-refractivity contribution in [1.82, 2.24) is 10.9 Å². The van der Waals surface area contributed by atoms with E-state index in [1.807, 2.05) is 0 Å². The topological polar surface area (TPSA) is 58.2 Å². The summed E-state index contributed by atoms with van der Waals surface area (Å²) in [6.07, 6.45) is 2.80. The normalized spacial score (nSPS) is 10.6. The minimum atomic E-state index is -0.508. The summed E-state index contributed by atoms with van der Waals surface area (Å²) in [5.41, 5.74) is 5.50. The number of halogens is 3. The van der Waals surface area contributed by atoms with Gasteiger partial charge in [-0.25, -0.2) is 0 Å². The molecule has 23 heavy (non-hydrogen) atoms. The highest BCUT2D eigenvalue weighted by atomic mass is 35.5. The van der Waals surface area contributed by atoms with Gasteiger partial charge in [0.15, 0.2) is 0 Å². The highest BCUT2D eigenvalue weighted by Crippen LogP contribution is 2.23. The maximum atomic E-state index is 11.9. The van der Waals surface area contributed by atoms with Crippen molar-refractivity contribution < 1.29 is 9.59 Å². The summed E-state index contributed by atoms with van der Waals surface area (Å²) in [6.45, 7) is 0. The molecule has 2 rings (SSSR count). The lowest BCUT2D eigenvalue weighted by molar-refractivity contribution is -0.117. The SMILES string of the molecule is O=C(/C=C/c1ccc(Cl)c(Cl)c1)NNC(=O)c1ccccc1Cl. The van der Waals surface area contributed by atoms with Crippen LogP contribution in [-0.4, -0.2) is 11.8 Å². The molecule has 0 saturated carbocycles. The Bertz CT molecular complexity index is 776. The van der Waals surface area contributed by atoms with E-state index < -0.39 is 11.8 Å². The van der Waals surface area contributed by atoms with Gasteiger partial charge < -0.3 is 0 Å². The molecule has 2 aromatic carbocycles. The Morgan fingerprint density at radius 3 is 2.30 bits per heavy atom. The molecule has 0 aromatic heterocycles. The number of carbonyl (C=O) groups is 2. The third-order valence-corrected chi connectivity index (χ3v) is 3.86. The first-order valence-corrected chi connectivity index (χ1v) is 7.59. The average Bonchev–Trinajstić information content (AvgIpc) is 2.54. The molecule has 0 spiro atoms. The van der Waals surface area contributed by atoms with Gasteiger partial charge in [0.1, 0.15) is 0 Å². The minimum Gasteiger partial charge on any atom is -0.268 e. The zero-order valence-electron chi connectivity index (χ0n) is 11.6. The number of benzene rings is 2. The van der Waals surface area contributed by atoms with Crippen LogP contribution in [0.1, 0.15) is 15.9 Å². The van der Waals surface area contributed by atoms with Crippen LogP contribution in [0, 0.1) is 0 Å². The number of hydrogen-bond acceptors (Lipinski definition) is 2. The van der Waals surface area contributed by atoms with Crippen LogP contribution < -0.4 is 10.9 Å². The summed E-state index contributed by atoms with van der Waals surface area (Å²) in [5, 5.41) is 1.12. The molecule has 0 aliphatic heterocycles. The summed E-state index contributed by atoms with van der Waals surface area (Å²) >= 11 is 17.6. The van der Waals surface area contributed by atoms with Crippen molar-refractivity contribution in [2.75, 3.05) is 0 Å². The lowest BCUT2D eigenvalue weighted by atomic mass is 10.2. The average molecular weight is 370 g/mol. The second-order valence-corrected chi connectivity index (χ2v) is 5.65. The molecular weight excluding hydrogens is 359 g/mol. The maximum absolute atomic E-state index is 11.9. The summed E-state index contributed by atoms with van der Waals surface area (Å²) in [7, 11) is 0. The van der Waals surface area contributed by atoms with Crippen LogP contribution in [0.5, 0.6) is 0 Å². The van der Waals surface area contributed by atoms with Gasteiger partial charge in [-0.3, -0.25) is 20.4 Å². The molecule has 0 fully saturated rings. The van der Waals surface area contributed by atoms with Gasteiger partial charge in [-0.15, -0.1) is 0 Å². The third kappa shape index (κ3) is 4.99. The van der Waals surface area contributed by atoms with Crippen LogP contribution >= 0.6 is 34.8 Å². The number of carbonyl (C=O) groups excluding carboxylic acids is 2. The van der Waals surface area contributed by atoms with E-state index in [0.29, 0.717) is 20.6 Å². The first-order chi connectivity index (χ1) is 11.0. The van der Waals surface area contributed by atoms with Crippen LogP contribution in [0.4, 0.5) is 0 Å². The lowest BCUT2D eigenvalue weighted by Gasteiger charge is -2.06. The predicted molar refractivity (Wildman–Crippen MR) is 92.6 cm³/mol. The molecule has 0 heterocycles. The van der Waals surface area contributed by atoms with Crippen LogP contribution in [-0.2, 0) is 4.79 Å². The standard InChI is InChI=1S/C16H11Cl3N2O2/c17-12-4-2-1-3-11(12)16(23)21-20-15(22)8-6-10-5-7-13(18)14(19)9-10/h1-9H,(H,20,22)(H,21,23)/b8-6+. The number of rotatable bonds is 3. The summed E-state index contributed by atoms with van der Waals surface area (Å²) < 4.78 is 0. The fourth-order valence-electron chi connectivity index (χ4n) is 1.66. The van der Waals surface area contributed by atoms with E-state index in [2.05, 4.69) is 10.9 Å². The van der Waals surface area contributed by atoms with Gasteiger partial charge in [0.25, 0.3) is 11.8 Å². The van der Waals surface area contributed by atoms with E-state index in [-0.39, 0.29) is 5.56 Å². The van der Waals surface area contributed by atoms with Gasteiger partial charge in [0.2, 0.25) is 0 Å². The smallest absolute Gasteiger partial charge is 0.268 e. The number of amides is 2. The Balaban J connectivity index is 1.92. The first-order valence-electron chi connectivity index (χ1n) is 6.45. The van der Waals surface area contributed by atoms with Crippen LogP contribution in [0.15, 0.2) is 48.5 Å². The number of hydrazine groups is 1. The molecule has 0 saturated heterocycles. The molecule has 0 radical (unpaired) electrons. The summed E-state index contributed by atoms with van der Waals surface area (Å²) in [6, 6.07) is 11.5. The van der Waals surface area contributed by atoms with E-state index in [1.54, 1.807) is 48.5 Å². The van der Waals surface area contributed by atoms with Crippen molar-refractivity contribution in [3.8, 4) is 0 Å². The largest absolute Gasteiger partial charge is 0.271 e. The monoisotopic (exact) mass is 368 g/mol. The van der Waals surface area contributed by atoms with Crippen LogP contribution in [0.2, 0.25) is 15.1 Å². The second-order valence-electron chi connectivity index (χ2n) is 4.43. The van der Waals surface area contributed by atoms with E-state index in [9.17, 15) is 9.59 Å². The molecule has 0 atom stereocenters. The molecule has 118 valence electrons. The van der Waals surface area contributed by atoms with E-state index in [1.165, 1.54) is 6.08 Å². The predicted octanol–water partition coefficient (Wildman–Crippen LogP) is 4.12. The van der Waals surface area contributed by atoms with Gasteiger partial charge >= 0.3 is 0 Å². The highest BCUT2D eigenvalue weighted by molar-refractivity contribution is 6.42. The number of nitrogens with one attached hydrogen (secondary N) is 2. The minimum absolute atomic E-state index is 0.267. The second kappa shape index (κ2) is 8.02. The highest BCUT2D eigenvalue weighted by Gasteiger charge is 2.09. The Morgan fingerprint density at radius 1 is 0.870 bits per heavy atom. The van der Waals surface area contributed by atoms with Gasteiger partial charge in [0.05, 0.1) is 20.6 Å². The molecule has 4 nitrogen and oxygen atoms in total. The molecule has 0 aliphatic rings. The van der Waals surface area contributed by atoms with E-state index in [0.717, 1.165) is 0 Å². The first kappa shape index (κ1) is 17.3. The summed E-state index contributed by atoms with van der Waals surface area (Å²) in [5.74, 6) is -1.01. The molecule has 2 amide bonds. The van der Waals surface area contributed by atoms with Crippen molar-refractivity contribution in [3.05, 3.63) is 74.7 Å². The van der Waals surface area contributed by atoms with Crippen LogP contribution in [0.25, 0.3) is 6.08 Å². The Kier molecular flexibility index (Phi) is 6.04. The summed E-state index contributed by atoms with van der Waals surface area (Å²) in [4.78, 5) is 23.5. The van der Waals surface area contributed by atoms with E-state index >= 15 is 0 Å². The molecule has 2 aromatic rings. The van der Waals surface area contributed by atoms with Crippen LogP contribution in [0.3, 0.4) is 0 Å². The molecule has 7 heteroatoms. The van der Waals surface area contributed by atoms with Crippen molar-refractivity contribution in [2.45, 2.75) is 0 Å². The number of hydrogen-bond donors (Lipinski definition) is 2. The van der Waals surface area contributed by atoms with Crippen molar-refractivity contribution in [3.63, 3.8) is 0 Å². The third-order valence-electron chi connectivity index (χ3n) is 2.79. The van der Waals surface area contributed by atoms with E-state index in [4.69, 9.17) is 34.8 Å². The zero-order chi connectivity index (χ0) is 16.8. The van der Waals surface area contributed by atoms with Gasteiger partial charge in [-0.05, 0) is 35.9 Å². The molecule has 0 bridgehead atoms. The molecule has 0 unspecified atom stereocenters. The van der Waals surface area contributed by atoms with Crippen molar-refractivity contribution >= 4 is 52.7 Å². The quantitative estimate of drug-likeness (QED) is 0.631. The molecule has 0 aliphatic carbocycles.